The molecule has 2 aromatic heterocycles. The highest BCUT2D eigenvalue weighted by Gasteiger charge is 2.21. The normalized spacial score (nSPS) is 16.0. The van der Waals surface area contributed by atoms with E-state index in [0.717, 1.165) is 67.1 Å². The predicted octanol–water partition coefficient (Wildman–Crippen LogP) is 3.05. The SMILES string of the molecule is Cc1noc(C)c1CN1CCCN(C(=O)Cc2c[nH]c3ccccc23)CC1. The number of aromatic amines is 1. The van der Waals surface area contributed by atoms with Crippen LogP contribution in [0.15, 0.2) is 35.0 Å². The zero-order valence-corrected chi connectivity index (χ0v) is 16.0. The van der Waals surface area contributed by atoms with E-state index in [1.807, 2.05) is 43.1 Å². The van der Waals surface area contributed by atoms with Gasteiger partial charge in [-0.1, -0.05) is 23.4 Å². The lowest BCUT2D eigenvalue weighted by Crippen LogP contribution is -2.36. The smallest absolute Gasteiger partial charge is 0.227 e. The maximum atomic E-state index is 12.9. The van der Waals surface area contributed by atoms with E-state index in [-0.39, 0.29) is 5.91 Å². The Labute approximate surface area is 159 Å². The molecule has 142 valence electrons. The van der Waals surface area contributed by atoms with Crippen LogP contribution in [0.5, 0.6) is 0 Å². The van der Waals surface area contributed by atoms with Crippen molar-refractivity contribution >= 4 is 16.8 Å². The first-order valence-electron chi connectivity index (χ1n) is 9.58. The second-order valence-corrected chi connectivity index (χ2v) is 7.35. The number of H-pyrrole nitrogens is 1. The molecule has 0 radical (unpaired) electrons. The van der Waals surface area contributed by atoms with E-state index in [4.69, 9.17) is 4.52 Å². The van der Waals surface area contributed by atoms with E-state index in [9.17, 15) is 4.79 Å². The lowest BCUT2D eigenvalue weighted by molar-refractivity contribution is -0.130. The van der Waals surface area contributed by atoms with Crippen molar-refractivity contribution in [2.75, 3.05) is 26.2 Å². The fourth-order valence-corrected chi connectivity index (χ4v) is 3.88. The Hall–Kier alpha value is -2.60. The number of hydrogen-bond donors (Lipinski definition) is 1. The molecule has 3 heterocycles. The fourth-order valence-electron chi connectivity index (χ4n) is 3.88. The van der Waals surface area contributed by atoms with Crippen molar-refractivity contribution in [3.8, 4) is 0 Å². The summed E-state index contributed by atoms with van der Waals surface area (Å²) in [6.45, 7) is 8.24. The lowest BCUT2D eigenvalue weighted by Gasteiger charge is -2.22. The number of carbonyl (C=O) groups excluding carboxylic acids is 1. The average Bonchev–Trinajstić information content (AvgIpc) is 3.11. The summed E-state index contributed by atoms with van der Waals surface area (Å²) < 4.78 is 5.28. The topological polar surface area (TPSA) is 65.4 Å². The number of hydrogen-bond acceptors (Lipinski definition) is 4. The van der Waals surface area contributed by atoms with Gasteiger partial charge in [0.05, 0.1) is 12.1 Å². The van der Waals surface area contributed by atoms with E-state index in [0.29, 0.717) is 6.42 Å². The van der Waals surface area contributed by atoms with Gasteiger partial charge >= 0.3 is 0 Å². The molecule has 0 saturated carbocycles. The summed E-state index contributed by atoms with van der Waals surface area (Å²) in [7, 11) is 0. The lowest BCUT2D eigenvalue weighted by atomic mass is 10.1. The summed E-state index contributed by atoms with van der Waals surface area (Å²) in [6, 6.07) is 8.14. The predicted molar refractivity (Wildman–Crippen MR) is 104 cm³/mol. The van der Waals surface area contributed by atoms with Crippen molar-refractivity contribution in [1.29, 1.82) is 0 Å². The molecule has 6 nitrogen and oxygen atoms in total. The molecule has 1 saturated heterocycles. The molecule has 1 N–H and O–H groups in total. The second-order valence-electron chi connectivity index (χ2n) is 7.35. The van der Waals surface area contributed by atoms with E-state index in [2.05, 4.69) is 21.1 Å². The molecule has 4 rings (SSSR count). The second kappa shape index (κ2) is 7.56. The first kappa shape index (κ1) is 17.8. The number of para-hydroxylation sites is 1. The average molecular weight is 366 g/mol. The highest BCUT2D eigenvalue weighted by molar-refractivity contribution is 5.88. The van der Waals surface area contributed by atoms with Crippen LogP contribution in [0.3, 0.4) is 0 Å². The molecule has 1 aromatic carbocycles. The Kier molecular flexibility index (Phi) is 4.99. The number of fused-ring (bicyclic) bond motifs is 1. The van der Waals surface area contributed by atoms with Crippen LogP contribution in [-0.2, 0) is 17.8 Å². The number of carbonyl (C=O) groups is 1. The summed E-state index contributed by atoms with van der Waals surface area (Å²) in [5, 5.41) is 5.19. The number of rotatable bonds is 4. The minimum absolute atomic E-state index is 0.207. The van der Waals surface area contributed by atoms with E-state index >= 15 is 0 Å². The van der Waals surface area contributed by atoms with Crippen molar-refractivity contribution in [3.05, 3.63) is 53.0 Å². The van der Waals surface area contributed by atoms with Gasteiger partial charge in [0.2, 0.25) is 5.91 Å². The number of aryl methyl sites for hydroxylation is 2. The standard InChI is InChI=1S/C21H26N4O2/c1-15-19(16(2)27-23-15)14-24-8-5-9-25(11-10-24)21(26)12-17-13-22-20-7-4-3-6-18(17)20/h3-4,6-7,13,22H,5,8-12,14H2,1-2H3. The maximum Gasteiger partial charge on any atom is 0.227 e. The Morgan fingerprint density at radius 2 is 2.04 bits per heavy atom. The van der Waals surface area contributed by atoms with Crippen molar-refractivity contribution in [2.24, 2.45) is 0 Å². The molecule has 0 bridgehead atoms. The molecule has 0 aliphatic carbocycles. The molecule has 1 fully saturated rings. The zero-order valence-electron chi connectivity index (χ0n) is 16.0. The van der Waals surface area contributed by atoms with Crippen LogP contribution in [0, 0.1) is 13.8 Å². The van der Waals surface area contributed by atoms with Crippen LogP contribution in [0.1, 0.15) is 29.0 Å². The van der Waals surface area contributed by atoms with Gasteiger partial charge in [0, 0.05) is 55.4 Å². The highest BCUT2D eigenvalue weighted by Crippen LogP contribution is 2.20. The Bertz CT molecular complexity index is 923. The van der Waals surface area contributed by atoms with Crippen LogP contribution in [0.25, 0.3) is 10.9 Å². The summed E-state index contributed by atoms with van der Waals surface area (Å²) in [5.41, 5.74) is 4.30. The number of benzene rings is 1. The molecular weight excluding hydrogens is 340 g/mol. The summed E-state index contributed by atoms with van der Waals surface area (Å²) in [5.74, 6) is 1.10. The number of amides is 1. The minimum Gasteiger partial charge on any atom is -0.361 e. The molecule has 0 unspecified atom stereocenters. The molecule has 6 heteroatoms. The number of nitrogens with zero attached hydrogens (tertiary/aromatic N) is 3. The molecule has 27 heavy (non-hydrogen) atoms. The third-order valence-corrected chi connectivity index (χ3v) is 5.52. The van der Waals surface area contributed by atoms with Gasteiger partial charge < -0.3 is 14.4 Å². The van der Waals surface area contributed by atoms with Crippen molar-refractivity contribution < 1.29 is 9.32 Å². The van der Waals surface area contributed by atoms with Gasteiger partial charge in [0.1, 0.15) is 5.76 Å². The first-order chi connectivity index (χ1) is 13.1. The Balaban J connectivity index is 1.38. The molecule has 3 aromatic rings. The van der Waals surface area contributed by atoms with Gasteiger partial charge in [-0.05, 0) is 31.9 Å². The van der Waals surface area contributed by atoms with Gasteiger partial charge in [-0.15, -0.1) is 0 Å². The first-order valence-corrected chi connectivity index (χ1v) is 9.58. The third-order valence-electron chi connectivity index (χ3n) is 5.52. The molecule has 1 amide bonds. The van der Waals surface area contributed by atoms with Crippen molar-refractivity contribution in [1.82, 2.24) is 19.9 Å². The van der Waals surface area contributed by atoms with E-state index in [1.54, 1.807) is 0 Å². The van der Waals surface area contributed by atoms with Crippen LogP contribution >= 0.6 is 0 Å². The van der Waals surface area contributed by atoms with Gasteiger partial charge in [0.25, 0.3) is 0 Å². The monoisotopic (exact) mass is 366 g/mol. The molecule has 1 aliphatic heterocycles. The number of nitrogens with one attached hydrogen (secondary N) is 1. The highest BCUT2D eigenvalue weighted by atomic mass is 16.5. The summed E-state index contributed by atoms with van der Waals surface area (Å²) in [6.07, 6.45) is 3.40. The molecular formula is C21H26N4O2. The van der Waals surface area contributed by atoms with Crippen molar-refractivity contribution in [2.45, 2.75) is 33.2 Å². The van der Waals surface area contributed by atoms with Crippen LogP contribution in [0.2, 0.25) is 0 Å². The maximum absolute atomic E-state index is 12.9. The zero-order chi connectivity index (χ0) is 18.8. The van der Waals surface area contributed by atoms with Crippen LogP contribution < -0.4 is 0 Å². The van der Waals surface area contributed by atoms with Crippen LogP contribution in [-0.4, -0.2) is 52.0 Å². The van der Waals surface area contributed by atoms with Gasteiger partial charge in [0.15, 0.2) is 0 Å². The number of aromatic nitrogens is 2. The summed E-state index contributed by atoms with van der Waals surface area (Å²) >= 11 is 0. The quantitative estimate of drug-likeness (QED) is 0.771. The summed E-state index contributed by atoms with van der Waals surface area (Å²) in [4.78, 5) is 20.5. The van der Waals surface area contributed by atoms with E-state index in [1.165, 1.54) is 5.56 Å². The van der Waals surface area contributed by atoms with Gasteiger partial charge in [-0.3, -0.25) is 9.69 Å². The minimum atomic E-state index is 0.207. The third kappa shape index (κ3) is 3.76. The van der Waals surface area contributed by atoms with Gasteiger partial charge in [-0.25, -0.2) is 0 Å². The van der Waals surface area contributed by atoms with Gasteiger partial charge in [-0.2, -0.15) is 0 Å². The fraction of sp³-hybridized carbons (Fsp3) is 0.429. The Morgan fingerprint density at radius 3 is 2.85 bits per heavy atom. The van der Waals surface area contributed by atoms with Crippen LogP contribution in [0.4, 0.5) is 0 Å². The Morgan fingerprint density at radius 1 is 1.19 bits per heavy atom. The molecule has 1 aliphatic rings. The molecule has 0 atom stereocenters. The largest absolute Gasteiger partial charge is 0.361 e. The van der Waals surface area contributed by atoms with E-state index < -0.39 is 0 Å². The van der Waals surface area contributed by atoms with Crippen molar-refractivity contribution in [3.63, 3.8) is 0 Å². The molecule has 0 spiro atoms.